The molecule has 0 spiro atoms. The molecule has 0 fully saturated rings. The van der Waals surface area contributed by atoms with Gasteiger partial charge in [0, 0.05) is 0 Å². The van der Waals surface area contributed by atoms with Gasteiger partial charge in [-0.25, -0.2) is 4.79 Å². The summed E-state index contributed by atoms with van der Waals surface area (Å²) in [4.78, 5) is 11.2. The maximum atomic E-state index is 11.2. The average molecular weight is 390 g/mol. The number of nitrogens with one attached hydrogen (secondary N) is 1. The Labute approximate surface area is 156 Å². The molecule has 2 N–H and O–H groups in total. The van der Waals surface area contributed by atoms with Crippen LogP contribution in [0, 0.1) is 0 Å². The summed E-state index contributed by atoms with van der Waals surface area (Å²) in [7, 11) is -4.05. The van der Waals surface area contributed by atoms with Crippen LogP contribution in [0.15, 0.2) is 12.7 Å². The topological polar surface area (TPSA) is 67.8 Å². The van der Waals surface area contributed by atoms with E-state index >= 15 is 0 Å². The molecule has 0 saturated carbocycles. The summed E-state index contributed by atoms with van der Waals surface area (Å²) in [6, 6.07) is -0.503. The van der Waals surface area contributed by atoms with Crippen LogP contribution in [0.1, 0.15) is 41.5 Å². The van der Waals surface area contributed by atoms with E-state index in [0.29, 0.717) is 6.61 Å². The van der Waals surface area contributed by atoms with Crippen molar-refractivity contribution >= 4 is 22.7 Å². The van der Waals surface area contributed by atoms with E-state index in [1.165, 1.54) is 0 Å². The van der Waals surface area contributed by atoms with Crippen molar-refractivity contribution in [3.63, 3.8) is 0 Å². The molecule has 0 heterocycles. The summed E-state index contributed by atoms with van der Waals surface area (Å²) in [6.07, 6.45) is 0.130. The molecule has 5 nitrogen and oxygen atoms in total. The fourth-order valence-electron chi connectivity index (χ4n) is 1.72. The van der Waals surface area contributed by atoms with Gasteiger partial charge >= 0.3 is 6.09 Å². The molecule has 0 radical (unpaired) electrons. The Morgan fingerprint density at radius 1 is 1.08 bits per heavy atom. The zero-order chi connectivity index (χ0) is 20.3. The third-order valence-corrected chi connectivity index (χ3v) is 14.6. The molecule has 0 aliphatic carbocycles. The van der Waals surface area contributed by atoms with Crippen LogP contribution in [-0.2, 0) is 8.85 Å². The maximum absolute atomic E-state index is 11.2. The predicted molar refractivity (Wildman–Crippen MR) is 110 cm³/mol. The third kappa shape index (κ3) is 7.25. The van der Waals surface area contributed by atoms with Crippen LogP contribution in [0.3, 0.4) is 0 Å². The van der Waals surface area contributed by atoms with Crippen molar-refractivity contribution in [1.29, 1.82) is 0 Å². The van der Waals surface area contributed by atoms with Crippen molar-refractivity contribution < 1.29 is 18.8 Å². The van der Waals surface area contributed by atoms with Crippen LogP contribution < -0.4 is 5.32 Å². The van der Waals surface area contributed by atoms with Crippen LogP contribution in [0.2, 0.25) is 36.3 Å². The number of carbonyl (C=O) groups is 1. The van der Waals surface area contributed by atoms with Crippen LogP contribution in [0.4, 0.5) is 4.79 Å². The Balaban J connectivity index is 5.47. The van der Waals surface area contributed by atoms with Gasteiger partial charge in [0.2, 0.25) is 0 Å². The Morgan fingerprint density at radius 2 is 1.52 bits per heavy atom. The Hall–Kier alpha value is -0.636. The Kier molecular flexibility index (Phi) is 8.16. The molecule has 0 bridgehead atoms. The fourth-order valence-corrected chi connectivity index (χ4v) is 4.06. The van der Waals surface area contributed by atoms with Crippen molar-refractivity contribution in [1.82, 2.24) is 5.32 Å². The lowest BCUT2D eigenvalue weighted by atomic mass is 10.2. The Bertz CT molecular complexity index is 465. The first-order chi connectivity index (χ1) is 10.9. The minimum Gasteiger partial charge on any atom is -0.465 e. The van der Waals surface area contributed by atoms with Crippen molar-refractivity contribution in [3.8, 4) is 0 Å². The van der Waals surface area contributed by atoms with Crippen LogP contribution >= 0.6 is 0 Å². The van der Waals surface area contributed by atoms with E-state index in [4.69, 9.17) is 14.0 Å². The molecule has 0 aromatic carbocycles. The monoisotopic (exact) mass is 389 g/mol. The highest BCUT2D eigenvalue weighted by atomic mass is 28.4. The minimum absolute atomic E-state index is 0.0250. The molecule has 0 aromatic rings. The molecule has 7 heteroatoms. The van der Waals surface area contributed by atoms with Crippen molar-refractivity contribution in [2.75, 3.05) is 6.61 Å². The number of hydrogen-bond acceptors (Lipinski definition) is 3. The Morgan fingerprint density at radius 3 is 1.84 bits per heavy atom. The molecule has 0 saturated heterocycles. The van der Waals surface area contributed by atoms with E-state index in [-0.39, 0.29) is 16.2 Å². The zero-order valence-corrected chi connectivity index (χ0v) is 19.8. The SMILES string of the molecule is C=C[C@H](NC(=O)O)[C@@H](CO[Si](C)(C)C(C)(C)C)O[Si](C)(C)C(C)(C)C. The highest BCUT2D eigenvalue weighted by molar-refractivity contribution is 6.74. The lowest BCUT2D eigenvalue weighted by molar-refractivity contribution is 0.0866. The van der Waals surface area contributed by atoms with Gasteiger partial charge < -0.3 is 19.3 Å². The summed E-state index contributed by atoms with van der Waals surface area (Å²) in [5.74, 6) is 0. The van der Waals surface area contributed by atoms with E-state index in [2.05, 4.69) is 79.6 Å². The lowest BCUT2D eigenvalue weighted by Gasteiger charge is -2.43. The summed E-state index contributed by atoms with van der Waals surface area (Å²) in [6.45, 7) is 25.9. The fraction of sp³-hybridized carbons (Fsp3) is 0.833. The molecule has 0 rings (SSSR count). The molecule has 0 unspecified atom stereocenters. The van der Waals surface area contributed by atoms with E-state index < -0.39 is 28.8 Å². The van der Waals surface area contributed by atoms with Gasteiger partial charge in [-0.15, -0.1) is 6.58 Å². The van der Waals surface area contributed by atoms with E-state index in [1.54, 1.807) is 6.08 Å². The zero-order valence-electron chi connectivity index (χ0n) is 17.8. The number of carboxylic acid groups (broad SMARTS) is 1. The molecule has 1 amide bonds. The van der Waals surface area contributed by atoms with Crippen LogP contribution in [0.5, 0.6) is 0 Å². The molecule has 148 valence electrons. The quantitative estimate of drug-likeness (QED) is 0.441. The predicted octanol–water partition coefficient (Wildman–Crippen LogP) is 5.22. The van der Waals surface area contributed by atoms with E-state index in [9.17, 15) is 4.79 Å². The van der Waals surface area contributed by atoms with Gasteiger partial charge in [0.05, 0.1) is 18.8 Å². The largest absolute Gasteiger partial charge is 0.465 e. The maximum Gasteiger partial charge on any atom is 0.405 e. The van der Waals surface area contributed by atoms with Gasteiger partial charge in [-0.2, -0.15) is 0 Å². The first kappa shape index (κ1) is 24.4. The second-order valence-electron chi connectivity index (χ2n) is 9.70. The third-order valence-electron chi connectivity index (χ3n) is 5.61. The van der Waals surface area contributed by atoms with Crippen molar-refractivity contribution in [2.45, 2.75) is 90.0 Å². The summed E-state index contributed by atoms with van der Waals surface area (Å²) >= 11 is 0. The molecular formula is C18H39NO4Si2. The minimum atomic E-state index is -2.09. The molecular weight excluding hydrogens is 350 g/mol. The standard InChI is InChI=1S/C18H39NO4Si2/c1-12-14(19-16(20)21)15(23-25(10,11)18(5,6)7)13-22-24(8,9)17(2,3)4/h12,14-15,19H,1,13H2,2-11H3,(H,20,21)/t14-,15+/m0/s1. The van der Waals surface area contributed by atoms with E-state index in [0.717, 1.165) is 0 Å². The van der Waals surface area contributed by atoms with Crippen molar-refractivity contribution in [3.05, 3.63) is 12.7 Å². The lowest BCUT2D eigenvalue weighted by Crippen LogP contribution is -2.54. The summed E-state index contributed by atoms with van der Waals surface area (Å²) in [5, 5.41) is 11.8. The van der Waals surface area contributed by atoms with Crippen molar-refractivity contribution in [2.24, 2.45) is 0 Å². The second-order valence-corrected chi connectivity index (χ2v) is 19.3. The normalized spacial score (nSPS) is 16.2. The van der Waals surface area contributed by atoms with Crippen LogP contribution in [0.25, 0.3) is 0 Å². The van der Waals surface area contributed by atoms with Crippen LogP contribution in [-0.4, -0.2) is 46.6 Å². The summed E-state index contributed by atoms with van der Waals surface area (Å²) < 4.78 is 12.8. The second kappa shape index (κ2) is 8.37. The van der Waals surface area contributed by atoms with E-state index in [1.807, 2.05) is 0 Å². The molecule has 2 atom stereocenters. The first-order valence-electron chi connectivity index (χ1n) is 8.88. The molecule has 0 aliphatic rings. The van der Waals surface area contributed by atoms with Gasteiger partial charge in [0.1, 0.15) is 0 Å². The van der Waals surface area contributed by atoms with Gasteiger partial charge in [-0.3, -0.25) is 0 Å². The first-order valence-corrected chi connectivity index (χ1v) is 14.7. The molecule has 0 aromatic heterocycles. The average Bonchev–Trinajstić information content (AvgIpc) is 2.38. The van der Waals surface area contributed by atoms with Gasteiger partial charge in [0.25, 0.3) is 0 Å². The number of hydrogen-bond donors (Lipinski definition) is 2. The molecule has 25 heavy (non-hydrogen) atoms. The van der Waals surface area contributed by atoms with Gasteiger partial charge in [-0.1, -0.05) is 47.6 Å². The molecule has 0 aliphatic heterocycles. The van der Waals surface area contributed by atoms with Gasteiger partial charge in [-0.05, 0) is 36.3 Å². The highest BCUT2D eigenvalue weighted by Gasteiger charge is 2.42. The number of amides is 1. The smallest absolute Gasteiger partial charge is 0.405 e. The van der Waals surface area contributed by atoms with Gasteiger partial charge in [0.15, 0.2) is 16.6 Å². The summed E-state index contributed by atoms with van der Waals surface area (Å²) in [5.41, 5.74) is 0. The number of rotatable bonds is 8. The highest BCUT2D eigenvalue weighted by Crippen LogP contribution is 2.39.